The smallest absolute Gasteiger partial charge is 0.102 e. The van der Waals surface area contributed by atoms with Crippen molar-refractivity contribution in [3.05, 3.63) is 47.9 Å². The van der Waals surface area contributed by atoms with Crippen LogP contribution in [0.5, 0.6) is 0 Å². The molecule has 2 aromatic heterocycles. The van der Waals surface area contributed by atoms with Gasteiger partial charge in [-0.05, 0) is 24.5 Å². The normalized spacial score (nSPS) is 14.9. The first-order valence-electron chi connectivity index (χ1n) is 7.45. The summed E-state index contributed by atoms with van der Waals surface area (Å²) in [5.74, 6) is 0. The second kappa shape index (κ2) is 5.00. The van der Waals surface area contributed by atoms with Crippen molar-refractivity contribution in [1.82, 2.24) is 24.9 Å². The Balaban J connectivity index is 1.66. The summed E-state index contributed by atoms with van der Waals surface area (Å²) < 4.78 is 4.01. The number of nitrogens with zero attached hydrogens (tertiary/aromatic N) is 4. The van der Waals surface area contributed by atoms with Crippen LogP contribution >= 0.6 is 0 Å². The monoisotopic (exact) mass is 281 g/mol. The Hall–Kier alpha value is -2.14. The number of para-hydroxylation sites is 1. The molecule has 1 aliphatic rings. The highest BCUT2D eigenvalue weighted by Gasteiger charge is 2.20. The van der Waals surface area contributed by atoms with Crippen LogP contribution in [-0.2, 0) is 20.1 Å². The van der Waals surface area contributed by atoms with Crippen LogP contribution in [0.1, 0.15) is 24.1 Å². The van der Waals surface area contributed by atoms with Gasteiger partial charge < -0.3 is 9.88 Å². The molecule has 0 atom stereocenters. The molecular formula is C16H19N5. The summed E-state index contributed by atoms with van der Waals surface area (Å²) in [5, 5.41) is 13.1. The van der Waals surface area contributed by atoms with E-state index in [9.17, 15) is 0 Å². The topological polar surface area (TPSA) is 47.7 Å². The first kappa shape index (κ1) is 12.6. The van der Waals surface area contributed by atoms with Crippen LogP contribution in [0, 0.1) is 0 Å². The van der Waals surface area contributed by atoms with Gasteiger partial charge in [0.25, 0.3) is 0 Å². The van der Waals surface area contributed by atoms with Crippen LogP contribution in [0.25, 0.3) is 10.9 Å². The summed E-state index contributed by atoms with van der Waals surface area (Å²) >= 11 is 0. The van der Waals surface area contributed by atoms with E-state index < -0.39 is 0 Å². The zero-order valence-electron chi connectivity index (χ0n) is 12.2. The molecule has 21 heavy (non-hydrogen) atoms. The molecule has 108 valence electrons. The molecule has 1 aliphatic carbocycles. The molecule has 1 saturated carbocycles. The first-order chi connectivity index (χ1) is 10.3. The second-order valence-electron chi connectivity index (χ2n) is 5.84. The van der Waals surface area contributed by atoms with E-state index in [1.54, 1.807) is 4.68 Å². The average Bonchev–Trinajstić information content (AvgIpc) is 3.15. The molecule has 1 fully saturated rings. The molecule has 2 heterocycles. The van der Waals surface area contributed by atoms with E-state index >= 15 is 0 Å². The highest BCUT2D eigenvalue weighted by molar-refractivity contribution is 5.84. The maximum atomic E-state index is 4.19. The predicted molar refractivity (Wildman–Crippen MR) is 81.9 cm³/mol. The fourth-order valence-corrected chi connectivity index (χ4v) is 2.78. The molecule has 1 aromatic carbocycles. The molecule has 5 heteroatoms. The third-order valence-electron chi connectivity index (χ3n) is 4.01. The number of rotatable bonds is 5. The van der Waals surface area contributed by atoms with E-state index in [0.717, 1.165) is 24.8 Å². The van der Waals surface area contributed by atoms with Gasteiger partial charge in [-0.25, -0.2) is 0 Å². The summed E-state index contributed by atoms with van der Waals surface area (Å²) in [6.07, 6.45) is 6.85. The molecule has 0 spiro atoms. The molecule has 0 saturated heterocycles. The van der Waals surface area contributed by atoms with E-state index in [4.69, 9.17) is 0 Å². The largest absolute Gasteiger partial charge is 0.341 e. The Bertz CT molecular complexity index is 766. The lowest BCUT2D eigenvalue weighted by atomic mass is 10.2. The van der Waals surface area contributed by atoms with E-state index in [2.05, 4.69) is 50.7 Å². The Morgan fingerprint density at radius 1 is 1.24 bits per heavy atom. The molecule has 3 aromatic rings. The second-order valence-corrected chi connectivity index (χ2v) is 5.84. The lowest BCUT2D eigenvalue weighted by molar-refractivity contribution is 0.686. The van der Waals surface area contributed by atoms with Gasteiger partial charge in [-0.3, -0.25) is 4.68 Å². The van der Waals surface area contributed by atoms with Gasteiger partial charge in [-0.1, -0.05) is 23.4 Å². The van der Waals surface area contributed by atoms with Gasteiger partial charge in [0, 0.05) is 42.9 Å². The van der Waals surface area contributed by atoms with E-state index in [0.29, 0.717) is 0 Å². The van der Waals surface area contributed by atoms with Crippen molar-refractivity contribution in [2.75, 3.05) is 0 Å². The van der Waals surface area contributed by atoms with Gasteiger partial charge in [0.2, 0.25) is 0 Å². The van der Waals surface area contributed by atoms with Crippen molar-refractivity contribution in [2.24, 2.45) is 7.05 Å². The van der Waals surface area contributed by atoms with Crippen molar-refractivity contribution < 1.29 is 0 Å². The third kappa shape index (κ3) is 2.56. The zero-order valence-corrected chi connectivity index (χ0v) is 12.2. The Morgan fingerprint density at radius 3 is 2.86 bits per heavy atom. The molecule has 0 amide bonds. The van der Waals surface area contributed by atoms with Crippen molar-refractivity contribution in [1.29, 1.82) is 0 Å². The van der Waals surface area contributed by atoms with Gasteiger partial charge in [0.1, 0.15) is 5.69 Å². The maximum absolute atomic E-state index is 4.19. The minimum Gasteiger partial charge on any atom is -0.341 e. The summed E-state index contributed by atoms with van der Waals surface area (Å²) in [5.41, 5.74) is 3.61. The molecule has 0 bridgehead atoms. The van der Waals surface area contributed by atoms with Crippen LogP contribution in [0.4, 0.5) is 0 Å². The van der Waals surface area contributed by atoms with Crippen molar-refractivity contribution in [3.8, 4) is 0 Å². The number of hydrogen-bond donors (Lipinski definition) is 1. The van der Waals surface area contributed by atoms with Crippen LogP contribution < -0.4 is 5.32 Å². The predicted octanol–water partition coefficient (Wildman–Crippen LogP) is 2.07. The van der Waals surface area contributed by atoms with Gasteiger partial charge in [-0.2, -0.15) is 0 Å². The summed E-state index contributed by atoms with van der Waals surface area (Å²) in [4.78, 5) is 0. The minimum atomic E-state index is 0.729. The van der Waals surface area contributed by atoms with E-state index in [1.165, 1.54) is 29.3 Å². The molecule has 1 N–H and O–H groups in total. The summed E-state index contributed by atoms with van der Waals surface area (Å²) in [6, 6.07) is 9.30. The Morgan fingerprint density at radius 2 is 2.10 bits per heavy atom. The van der Waals surface area contributed by atoms with Crippen molar-refractivity contribution >= 4 is 10.9 Å². The fourth-order valence-electron chi connectivity index (χ4n) is 2.78. The van der Waals surface area contributed by atoms with Crippen LogP contribution in [-0.4, -0.2) is 25.6 Å². The maximum Gasteiger partial charge on any atom is 0.102 e. The number of nitrogens with one attached hydrogen (secondary N) is 1. The quantitative estimate of drug-likeness (QED) is 0.779. The van der Waals surface area contributed by atoms with Crippen LogP contribution in [0.15, 0.2) is 36.7 Å². The number of hydrogen-bond acceptors (Lipinski definition) is 3. The number of aryl methyl sites for hydroxylation is 1. The SMILES string of the molecule is Cn1cc(Cn2cc(CNC3CC3)c3ccccc32)nn1. The molecule has 0 radical (unpaired) electrons. The van der Waals surface area contributed by atoms with Gasteiger partial charge >= 0.3 is 0 Å². The number of fused-ring (bicyclic) bond motifs is 1. The molecule has 5 nitrogen and oxygen atoms in total. The zero-order chi connectivity index (χ0) is 14.2. The Labute approximate surface area is 123 Å². The van der Waals surface area contributed by atoms with Crippen molar-refractivity contribution in [3.63, 3.8) is 0 Å². The lowest BCUT2D eigenvalue weighted by Gasteiger charge is -2.01. The first-order valence-corrected chi connectivity index (χ1v) is 7.45. The lowest BCUT2D eigenvalue weighted by Crippen LogP contribution is -2.14. The number of benzene rings is 1. The summed E-state index contributed by atoms with van der Waals surface area (Å²) in [6.45, 7) is 1.70. The van der Waals surface area contributed by atoms with E-state index in [1.807, 2.05) is 13.2 Å². The molecule has 0 unspecified atom stereocenters. The minimum absolute atomic E-state index is 0.729. The summed E-state index contributed by atoms with van der Waals surface area (Å²) in [7, 11) is 1.90. The fraction of sp³-hybridized carbons (Fsp3) is 0.375. The van der Waals surface area contributed by atoms with Gasteiger partial charge in [0.05, 0.1) is 6.54 Å². The van der Waals surface area contributed by atoms with Gasteiger partial charge in [0.15, 0.2) is 0 Å². The van der Waals surface area contributed by atoms with Crippen LogP contribution in [0.3, 0.4) is 0 Å². The molecule has 4 rings (SSSR count). The molecule has 0 aliphatic heterocycles. The Kier molecular flexibility index (Phi) is 3.00. The highest BCUT2D eigenvalue weighted by atomic mass is 15.4. The average molecular weight is 281 g/mol. The van der Waals surface area contributed by atoms with Crippen LogP contribution in [0.2, 0.25) is 0 Å². The van der Waals surface area contributed by atoms with E-state index in [-0.39, 0.29) is 0 Å². The van der Waals surface area contributed by atoms with Gasteiger partial charge in [-0.15, -0.1) is 5.10 Å². The third-order valence-corrected chi connectivity index (χ3v) is 4.01. The number of aromatic nitrogens is 4. The highest BCUT2D eigenvalue weighted by Crippen LogP contribution is 2.24. The molecular weight excluding hydrogens is 262 g/mol. The standard InChI is InChI=1S/C16H19N5/c1-20-10-14(18-19-20)11-21-9-12(8-17-13-6-7-13)15-4-2-3-5-16(15)21/h2-5,9-10,13,17H,6-8,11H2,1H3. The van der Waals surface area contributed by atoms with Crippen molar-refractivity contribution in [2.45, 2.75) is 32.0 Å².